The Morgan fingerprint density at radius 2 is 1.88 bits per heavy atom. The van der Waals surface area contributed by atoms with Crippen LogP contribution in [-0.4, -0.2) is 26.7 Å². The molecule has 33 heavy (non-hydrogen) atoms. The SMILES string of the molecule is O=C(O)/C(Cc1ccccc1[N+](=O)[O-])=N/Nc1nc(-c2ccc(C3CCCCC3)cc2)cs1. The molecular weight excluding hydrogens is 440 g/mol. The third-order valence-electron chi connectivity index (χ3n) is 5.87. The van der Waals surface area contributed by atoms with Crippen molar-refractivity contribution in [3.8, 4) is 11.3 Å². The van der Waals surface area contributed by atoms with Gasteiger partial charge in [0.1, 0.15) is 5.71 Å². The van der Waals surface area contributed by atoms with E-state index in [0.717, 1.165) is 11.3 Å². The Morgan fingerprint density at radius 3 is 2.58 bits per heavy atom. The van der Waals surface area contributed by atoms with Crippen LogP contribution in [0.25, 0.3) is 11.3 Å². The van der Waals surface area contributed by atoms with Crippen molar-refractivity contribution in [1.82, 2.24) is 4.98 Å². The number of rotatable bonds is 8. The number of aliphatic carboxylic acids is 1. The first-order chi connectivity index (χ1) is 16.0. The number of hydrogen-bond acceptors (Lipinski definition) is 7. The molecule has 3 aromatic rings. The Labute approximate surface area is 195 Å². The zero-order chi connectivity index (χ0) is 23.2. The summed E-state index contributed by atoms with van der Waals surface area (Å²) in [7, 11) is 0. The van der Waals surface area contributed by atoms with Crippen molar-refractivity contribution in [3.63, 3.8) is 0 Å². The number of hydrazone groups is 1. The molecule has 1 saturated carbocycles. The maximum atomic E-state index is 11.6. The fourth-order valence-corrected chi connectivity index (χ4v) is 4.78. The highest BCUT2D eigenvalue weighted by atomic mass is 32.1. The number of nitro benzene ring substituents is 1. The van der Waals surface area contributed by atoms with Crippen LogP contribution < -0.4 is 5.43 Å². The summed E-state index contributed by atoms with van der Waals surface area (Å²) in [5.41, 5.74) is 5.74. The summed E-state index contributed by atoms with van der Waals surface area (Å²) in [5, 5.41) is 27.0. The minimum absolute atomic E-state index is 0.139. The molecule has 0 unspecified atom stereocenters. The average molecular weight is 465 g/mol. The van der Waals surface area contributed by atoms with E-state index in [1.807, 2.05) is 5.38 Å². The van der Waals surface area contributed by atoms with Gasteiger partial charge in [-0.25, -0.2) is 9.78 Å². The lowest BCUT2D eigenvalue weighted by atomic mass is 9.84. The number of aromatic nitrogens is 1. The molecule has 9 heteroatoms. The van der Waals surface area contributed by atoms with Crippen molar-refractivity contribution in [2.45, 2.75) is 44.4 Å². The van der Waals surface area contributed by atoms with Crippen molar-refractivity contribution in [3.05, 3.63) is 75.2 Å². The van der Waals surface area contributed by atoms with Gasteiger partial charge in [-0.2, -0.15) is 5.10 Å². The van der Waals surface area contributed by atoms with Gasteiger partial charge in [-0.15, -0.1) is 11.3 Å². The molecule has 1 aromatic heterocycles. The normalized spacial score (nSPS) is 14.7. The Balaban J connectivity index is 1.45. The van der Waals surface area contributed by atoms with E-state index < -0.39 is 10.9 Å². The number of nitro groups is 1. The van der Waals surface area contributed by atoms with Gasteiger partial charge < -0.3 is 5.11 Å². The van der Waals surface area contributed by atoms with Crippen molar-refractivity contribution >= 4 is 33.8 Å². The minimum Gasteiger partial charge on any atom is -0.477 e. The number of thiazole rings is 1. The van der Waals surface area contributed by atoms with Gasteiger partial charge in [-0.3, -0.25) is 15.5 Å². The second-order valence-corrected chi connectivity index (χ2v) is 8.89. The average Bonchev–Trinajstić information content (AvgIpc) is 3.31. The summed E-state index contributed by atoms with van der Waals surface area (Å²) in [6.07, 6.45) is 6.24. The van der Waals surface area contributed by atoms with Gasteiger partial charge in [0.15, 0.2) is 0 Å². The number of carboxylic acid groups (broad SMARTS) is 1. The summed E-state index contributed by atoms with van der Waals surface area (Å²) >= 11 is 1.31. The van der Waals surface area contributed by atoms with Crippen LogP contribution in [0.5, 0.6) is 0 Å². The molecule has 0 saturated heterocycles. The van der Waals surface area contributed by atoms with Gasteiger partial charge in [0.2, 0.25) is 5.13 Å². The molecule has 170 valence electrons. The zero-order valence-electron chi connectivity index (χ0n) is 17.9. The number of nitrogens with one attached hydrogen (secondary N) is 1. The van der Waals surface area contributed by atoms with E-state index in [4.69, 9.17) is 0 Å². The molecule has 2 N–H and O–H groups in total. The first-order valence-electron chi connectivity index (χ1n) is 10.9. The van der Waals surface area contributed by atoms with Crippen LogP contribution in [0.1, 0.15) is 49.1 Å². The minimum atomic E-state index is -1.25. The lowest BCUT2D eigenvalue weighted by Gasteiger charge is -2.22. The molecule has 4 rings (SSSR count). The Hall–Kier alpha value is -3.59. The van der Waals surface area contributed by atoms with E-state index in [0.29, 0.717) is 11.0 Å². The molecule has 0 spiro atoms. The maximum Gasteiger partial charge on any atom is 0.352 e. The number of nitrogens with zero attached hydrogens (tertiary/aromatic N) is 3. The third kappa shape index (κ3) is 5.61. The number of carbonyl (C=O) groups is 1. The number of anilines is 1. The van der Waals surface area contributed by atoms with Crippen molar-refractivity contribution in [2.24, 2.45) is 5.10 Å². The predicted octanol–water partition coefficient (Wildman–Crippen LogP) is 5.86. The van der Waals surface area contributed by atoms with Gasteiger partial charge in [-0.1, -0.05) is 61.7 Å². The summed E-state index contributed by atoms with van der Waals surface area (Å²) in [4.78, 5) is 26.8. The highest BCUT2D eigenvalue weighted by Gasteiger charge is 2.19. The molecule has 8 nitrogen and oxygen atoms in total. The quantitative estimate of drug-likeness (QED) is 0.245. The van der Waals surface area contributed by atoms with Crippen LogP contribution in [0.3, 0.4) is 0 Å². The molecule has 0 aliphatic heterocycles. The van der Waals surface area contributed by atoms with E-state index in [-0.39, 0.29) is 23.4 Å². The van der Waals surface area contributed by atoms with E-state index in [9.17, 15) is 20.0 Å². The monoisotopic (exact) mass is 464 g/mol. The number of hydrogen-bond donors (Lipinski definition) is 2. The number of benzene rings is 2. The Kier molecular flexibility index (Phi) is 7.09. The smallest absolute Gasteiger partial charge is 0.352 e. The largest absolute Gasteiger partial charge is 0.477 e. The molecule has 0 amide bonds. The van der Waals surface area contributed by atoms with E-state index in [1.165, 1.54) is 67.2 Å². The maximum absolute atomic E-state index is 11.6. The number of para-hydroxylation sites is 1. The van der Waals surface area contributed by atoms with Gasteiger partial charge in [-0.05, 0) is 24.3 Å². The van der Waals surface area contributed by atoms with E-state index in [1.54, 1.807) is 6.07 Å². The lowest BCUT2D eigenvalue weighted by Crippen LogP contribution is -2.18. The van der Waals surface area contributed by atoms with Gasteiger partial charge in [0, 0.05) is 29.0 Å². The second kappa shape index (κ2) is 10.4. The van der Waals surface area contributed by atoms with E-state index in [2.05, 4.69) is 39.8 Å². The van der Waals surface area contributed by atoms with Crippen LogP contribution in [-0.2, 0) is 11.2 Å². The molecule has 1 aliphatic rings. The molecule has 1 aliphatic carbocycles. The fraction of sp³-hybridized carbons (Fsp3) is 0.292. The topological polar surface area (TPSA) is 118 Å². The first kappa shape index (κ1) is 22.6. The Morgan fingerprint density at radius 1 is 1.15 bits per heavy atom. The van der Waals surface area contributed by atoms with Crippen molar-refractivity contribution in [2.75, 3.05) is 5.43 Å². The summed E-state index contributed by atoms with van der Waals surface area (Å²) in [6, 6.07) is 14.5. The highest BCUT2D eigenvalue weighted by molar-refractivity contribution is 7.14. The molecule has 0 radical (unpaired) electrons. The summed E-state index contributed by atoms with van der Waals surface area (Å²) in [5.74, 6) is -0.611. The highest BCUT2D eigenvalue weighted by Crippen LogP contribution is 2.34. The van der Waals surface area contributed by atoms with E-state index >= 15 is 0 Å². The van der Waals surface area contributed by atoms with Crippen LogP contribution in [0.2, 0.25) is 0 Å². The van der Waals surface area contributed by atoms with Crippen LogP contribution in [0.4, 0.5) is 10.8 Å². The molecule has 0 bridgehead atoms. The van der Waals surface area contributed by atoms with Crippen molar-refractivity contribution in [1.29, 1.82) is 0 Å². The lowest BCUT2D eigenvalue weighted by molar-refractivity contribution is -0.385. The zero-order valence-corrected chi connectivity index (χ0v) is 18.8. The van der Waals surface area contributed by atoms with Crippen LogP contribution >= 0.6 is 11.3 Å². The first-order valence-corrected chi connectivity index (χ1v) is 11.7. The van der Waals surface area contributed by atoms with Gasteiger partial charge in [0.05, 0.1) is 10.6 Å². The third-order valence-corrected chi connectivity index (χ3v) is 6.61. The second-order valence-electron chi connectivity index (χ2n) is 8.03. The summed E-state index contributed by atoms with van der Waals surface area (Å²) in [6.45, 7) is 0. The fourth-order valence-electron chi connectivity index (χ4n) is 4.12. The Bertz CT molecular complexity index is 1170. The van der Waals surface area contributed by atoms with Crippen LogP contribution in [0.15, 0.2) is 59.0 Å². The van der Waals surface area contributed by atoms with Gasteiger partial charge >= 0.3 is 5.97 Å². The summed E-state index contributed by atoms with van der Waals surface area (Å²) < 4.78 is 0. The predicted molar refractivity (Wildman–Crippen MR) is 129 cm³/mol. The molecule has 0 atom stereocenters. The molecular formula is C24H24N4O4S. The van der Waals surface area contributed by atoms with Gasteiger partial charge in [0.25, 0.3) is 5.69 Å². The standard InChI is InChI=1S/C24H24N4O4S/c29-23(30)20(14-19-8-4-5-9-22(19)28(31)32)26-27-24-25-21(15-33-24)18-12-10-17(11-13-18)16-6-2-1-3-7-16/h4-5,8-13,15-16H,1-3,6-7,14H2,(H,25,27)(H,29,30)/b26-20+. The number of carboxylic acids is 1. The molecule has 1 heterocycles. The molecule has 1 fully saturated rings. The molecule has 2 aromatic carbocycles. The van der Waals surface area contributed by atoms with Crippen molar-refractivity contribution < 1.29 is 14.8 Å². The van der Waals surface area contributed by atoms with Crippen LogP contribution in [0, 0.1) is 10.1 Å².